The Bertz CT molecular complexity index is 649. The minimum atomic E-state index is -0.970. The molecule has 1 N–H and O–H groups in total. The van der Waals surface area contributed by atoms with Gasteiger partial charge in [0.25, 0.3) is 5.91 Å². The van der Waals surface area contributed by atoms with Crippen LogP contribution in [0.15, 0.2) is 6.07 Å². The first-order valence-corrected chi connectivity index (χ1v) is 9.68. The van der Waals surface area contributed by atoms with Crippen LogP contribution in [-0.2, 0) is 22.4 Å². The lowest BCUT2D eigenvalue weighted by atomic mass is 9.90. The van der Waals surface area contributed by atoms with Crippen LogP contribution in [0.3, 0.4) is 0 Å². The van der Waals surface area contributed by atoms with Crippen LogP contribution in [0.5, 0.6) is 0 Å². The minimum absolute atomic E-state index is 0.0472. The number of amides is 1. The van der Waals surface area contributed by atoms with E-state index < -0.39 is 17.4 Å². The molecule has 0 saturated carbocycles. The highest BCUT2D eigenvalue weighted by Crippen LogP contribution is 2.28. The maximum Gasteiger partial charge on any atom is 0.348 e. The number of esters is 1. The van der Waals surface area contributed by atoms with Gasteiger partial charge in [-0.25, -0.2) is 4.79 Å². The molecule has 1 aromatic heterocycles. The van der Waals surface area contributed by atoms with Gasteiger partial charge in [-0.05, 0) is 50.2 Å². The van der Waals surface area contributed by atoms with Gasteiger partial charge in [0.2, 0.25) is 0 Å². The van der Waals surface area contributed by atoms with Gasteiger partial charge >= 0.3 is 5.97 Å². The van der Waals surface area contributed by atoms with Gasteiger partial charge in [-0.15, -0.1) is 11.3 Å². The topological polar surface area (TPSA) is 79.2 Å². The van der Waals surface area contributed by atoms with E-state index in [-0.39, 0.29) is 12.5 Å². The van der Waals surface area contributed by atoms with E-state index >= 15 is 0 Å². The molecule has 0 unspecified atom stereocenters. The van der Waals surface area contributed by atoms with E-state index in [0.717, 1.165) is 25.7 Å². The number of ether oxygens (including phenoxy) is 1. The second kappa shape index (κ2) is 8.48. The molecule has 1 aliphatic carbocycles. The zero-order valence-electron chi connectivity index (χ0n) is 15.2. The van der Waals surface area contributed by atoms with Gasteiger partial charge in [-0.3, -0.25) is 4.79 Å². The largest absolute Gasteiger partial charge is 0.451 e. The minimum Gasteiger partial charge on any atom is -0.451 e. The first kappa shape index (κ1) is 19.5. The Morgan fingerprint density at radius 2 is 2.00 bits per heavy atom. The molecule has 1 amide bonds. The van der Waals surface area contributed by atoms with E-state index in [9.17, 15) is 14.9 Å². The highest BCUT2D eigenvalue weighted by Gasteiger charge is 2.30. The maximum absolute atomic E-state index is 12.3. The zero-order chi connectivity index (χ0) is 18.4. The van der Waals surface area contributed by atoms with Crippen molar-refractivity contribution in [3.8, 4) is 6.07 Å². The average molecular weight is 362 g/mol. The fourth-order valence-electron chi connectivity index (χ4n) is 2.77. The molecule has 25 heavy (non-hydrogen) atoms. The number of nitrogens with zero attached hydrogens (tertiary/aromatic N) is 1. The fraction of sp³-hybridized carbons (Fsp3) is 0.632. The fourth-order valence-corrected chi connectivity index (χ4v) is 3.92. The lowest BCUT2D eigenvalue weighted by molar-refractivity contribution is -0.125. The molecule has 0 spiro atoms. The summed E-state index contributed by atoms with van der Waals surface area (Å²) >= 11 is 1.48. The number of carbonyl (C=O) groups excluding carboxylic acids is 2. The van der Waals surface area contributed by atoms with Crippen molar-refractivity contribution < 1.29 is 14.3 Å². The molecule has 2 rings (SSSR count). The van der Waals surface area contributed by atoms with E-state index in [1.165, 1.54) is 34.6 Å². The van der Waals surface area contributed by atoms with Crippen LogP contribution in [0.25, 0.3) is 0 Å². The van der Waals surface area contributed by atoms with Crippen molar-refractivity contribution in [2.75, 3.05) is 6.61 Å². The number of hydrogen-bond acceptors (Lipinski definition) is 5. The number of rotatable bonds is 5. The molecule has 0 fully saturated rings. The standard InChI is InChI=1S/C19H26N2O3S/c1-13(2)19(3,12-20)21-17(22)11-24-18(23)16-10-14-8-6-4-5-7-9-15(14)25-16/h10,13H,4-9,11H2,1-3H3,(H,21,22)/t19-/m0/s1. The number of nitrogens with one attached hydrogen (secondary N) is 1. The summed E-state index contributed by atoms with van der Waals surface area (Å²) in [5, 5.41) is 11.9. The van der Waals surface area contributed by atoms with Crippen molar-refractivity contribution in [3.63, 3.8) is 0 Å². The first-order chi connectivity index (χ1) is 11.9. The van der Waals surface area contributed by atoms with E-state index in [0.29, 0.717) is 4.88 Å². The SMILES string of the molecule is CC(C)[C@](C)(C#N)NC(=O)COC(=O)c1cc2c(s1)CCCCCC2. The number of nitriles is 1. The smallest absolute Gasteiger partial charge is 0.348 e. The van der Waals surface area contributed by atoms with Crippen LogP contribution >= 0.6 is 11.3 Å². The molecule has 1 aromatic rings. The summed E-state index contributed by atoms with van der Waals surface area (Å²) in [6.45, 7) is 5.01. The summed E-state index contributed by atoms with van der Waals surface area (Å²) < 4.78 is 5.15. The van der Waals surface area contributed by atoms with E-state index in [1.807, 2.05) is 19.9 Å². The average Bonchev–Trinajstić information content (AvgIpc) is 2.94. The van der Waals surface area contributed by atoms with Gasteiger partial charge in [0.05, 0.1) is 6.07 Å². The third-order valence-corrected chi connectivity index (χ3v) is 6.04. The number of aryl methyl sites for hydroxylation is 2. The van der Waals surface area contributed by atoms with Gasteiger partial charge in [0.15, 0.2) is 6.61 Å². The highest BCUT2D eigenvalue weighted by molar-refractivity contribution is 7.14. The van der Waals surface area contributed by atoms with Crippen LogP contribution in [0, 0.1) is 17.2 Å². The third kappa shape index (κ3) is 5.05. The molecule has 5 nitrogen and oxygen atoms in total. The number of hydrogen-bond donors (Lipinski definition) is 1. The lowest BCUT2D eigenvalue weighted by Crippen LogP contribution is -2.50. The molecular formula is C19H26N2O3S. The highest BCUT2D eigenvalue weighted by atomic mass is 32.1. The normalized spacial score (nSPS) is 16.8. The lowest BCUT2D eigenvalue weighted by Gasteiger charge is -2.27. The summed E-state index contributed by atoms with van der Waals surface area (Å²) in [6.07, 6.45) is 6.82. The van der Waals surface area contributed by atoms with Crippen LogP contribution < -0.4 is 5.32 Å². The predicted molar refractivity (Wildman–Crippen MR) is 97.5 cm³/mol. The predicted octanol–water partition coefficient (Wildman–Crippen LogP) is 3.62. The van der Waals surface area contributed by atoms with Crippen LogP contribution in [0.4, 0.5) is 0 Å². The Morgan fingerprint density at radius 1 is 1.32 bits per heavy atom. The molecule has 0 aromatic carbocycles. The van der Waals surface area contributed by atoms with Gasteiger partial charge in [0, 0.05) is 4.88 Å². The van der Waals surface area contributed by atoms with Crippen LogP contribution in [-0.4, -0.2) is 24.0 Å². The van der Waals surface area contributed by atoms with Crippen LogP contribution in [0.1, 0.15) is 66.6 Å². The van der Waals surface area contributed by atoms with Gasteiger partial charge in [-0.1, -0.05) is 26.7 Å². The van der Waals surface area contributed by atoms with E-state index in [1.54, 1.807) is 6.92 Å². The summed E-state index contributed by atoms with van der Waals surface area (Å²) in [6, 6.07) is 4.02. The Balaban J connectivity index is 1.93. The quantitative estimate of drug-likeness (QED) is 0.812. The monoisotopic (exact) mass is 362 g/mol. The first-order valence-electron chi connectivity index (χ1n) is 8.86. The van der Waals surface area contributed by atoms with Gasteiger partial charge in [0.1, 0.15) is 10.4 Å². The molecule has 136 valence electrons. The zero-order valence-corrected chi connectivity index (χ0v) is 16.0. The molecule has 1 heterocycles. The molecule has 6 heteroatoms. The molecule has 0 radical (unpaired) electrons. The molecule has 1 aliphatic rings. The van der Waals surface area contributed by atoms with E-state index in [4.69, 9.17) is 4.74 Å². The Labute approximate surface area is 153 Å². The summed E-state index contributed by atoms with van der Waals surface area (Å²) in [7, 11) is 0. The molecular weight excluding hydrogens is 336 g/mol. The summed E-state index contributed by atoms with van der Waals surface area (Å²) in [5.74, 6) is -0.967. The van der Waals surface area contributed by atoms with E-state index in [2.05, 4.69) is 11.4 Å². The summed E-state index contributed by atoms with van der Waals surface area (Å²) in [5.41, 5.74) is 0.278. The number of thiophene rings is 1. The Morgan fingerprint density at radius 3 is 2.64 bits per heavy atom. The van der Waals surface area contributed by atoms with Crippen molar-refractivity contribution >= 4 is 23.2 Å². The number of fused-ring (bicyclic) bond motifs is 1. The molecule has 0 saturated heterocycles. The van der Waals surface area contributed by atoms with Crippen molar-refractivity contribution in [2.24, 2.45) is 5.92 Å². The van der Waals surface area contributed by atoms with Crippen LogP contribution in [0.2, 0.25) is 0 Å². The van der Waals surface area contributed by atoms with Crippen molar-refractivity contribution in [2.45, 2.75) is 64.8 Å². The second-order valence-corrected chi connectivity index (χ2v) is 8.20. The van der Waals surface area contributed by atoms with Gasteiger partial charge < -0.3 is 10.1 Å². The Kier molecular flexibility index (Phi) is 6.60. The maximum atomic E-state index is 12.3. The van der Waals surface area contributed by atoms with Crippen molar-refractivity contribution in [3.05, 3.63) is 21.4 Å². The Hall–Kier alpha value is -1.87. The van der Waals surface area contributed by atoms with Gasteiger partial charge in [-0.2, -0.15) is 5.26 Å². The summed E-state index contributed by atoms with van der Waals surface area (Å²) in [4.78, 5) is 26.1. The van der Waals surface area contributed by atoms with Crippen molar-refractivity contribution in [1.29, 1.82) is 5.26 Å². The second-order valence-electron chi connectivity index (χ2n) is 7.07. The van der Waals surface area contributed by atoms with Crippen molar-refractivity contribution in [1.82, 2.24) is 5.32 Å². The third-order valence-electron chi connectivity index (χ3n) is 4.82. The molecule has 1 atom stereocenters. The molecule has 0 aliphatic heterocycles. The molecule has 0 bridgehead atoms. The number of carbonyl (C=O) groups is 2.